The molecule has 0 unspecified atom stereocenters. The second kappa shape index (κ2) is 7.38. The fourth-order valence-electron chi connectivity index (χ4n) is 4.07. The Balaban J connectivity index is 1.74. The third-order valence-electron chi connectivity index (χ3n) is 5.88. The van der Waals surface area contributed by atoms with E-state index in [1.165, 1.54) is 59.1 Å². The quantitative estimate of drug-likeness (QED) is 0.528. The molecule has 0 spiro atoms. The number of aryl methyl sites for hydroxylation is 2. The third kappa shape index (κ3) is 3.64. The van der Waals surface area contributed by atoms with Gasteiger partial charge in [-0.2, -0.15) is 0 Å². The first-order valence-corrected chi connectivity index (χ1v) is 9.39. The predicted molar refractivity (Wildman–Crippen MR) is 106 cm³/mol. The van der Waals surface area contributed by atoms with Gasteiger partial charge in [-0.1, -0.05) is 48.6 Å². The fraction of sp³-hybridized carbons (Fsp3) is 0.417. The summed E-state index contributed by atoms with van der Waals surface area (Å²) in [4.78, 5) is 0. The van der Waals surface area contributed by atoms with Crippen LogP contribution in [0.25, 0.3) is 11.1 Å². The topological polar surface area (TPSA) is 0 Å². The minimum absolute atomic E-state index is 0.752. The molecule has 0 heterocycles. The first kappa shape index (κ1) is 17.0. The number of rotatable bonds is 3. The summed E-state index contributed by atoms with van der Waals surface area (Å²) in [6, 6.07) is 14.0. The van der Waals surface area contributed by atoms with Crippen molar-refractivity contribution in [2.45, 2.75) is 59.3 Å². The molecule has 0 aromatic heterocycles. The van der Waals surface area contributed by atoms with E-state index in [4.69, 9.17) is 0 Å². The Hall–Kier alpha value is -1.82. The zero-order valence-corrected chi connectivity index (χ0v) is 15.6. The van der Waals surface area contributed by atoms with Crippen LogP contribution in [0.2, 0.25) is 0 Å². The summed E-state index contributed by atoms with van der Waals surface area (Å²) in [7, 11) is 0. The van der Waals surface area contributed by atoms with Crippen LogP contribution in [0.1, 0.15) is 60.8 Å². The maximum atomic E-state index is 2.39. The van der Waals surface area contributed by atoms with E-state index in [0.717, 1.165) is 11.8 Å². The SMILES string of the molecule is C/C=C/C1CCC(c2ccc(-c3cc(C)c(C)c(C)c3)cc2)CC1. The van der Waals surface area contributed by atoms with E-state index in [1.54, 1.807) is 0 Å². The van der Waals surface area contributed by atoms with Gasteiger partial charge in [0.15, 0.2) is 0 Å². The van der Waals surface area contributed by atoms with Crippen LogP contribution < -0.4 is 0 Å². The maximum absolute atomic E-state index is 2.39. The van der Waals surface area contributed by atoms with Gasteiger partial charge in [0, 0.05) is 0 Å². The molecule has 1 aliphatic rings. The Morgan fingerprint density at radius 2 is 1.38 bits per heavy atom. The van der Waals surface area contributed by atoms with Crippen molar-refractivity contribution in [1.82, 2.24) is 0 Å². The molecule has 2 aromatic carbocycles. The smallest absolute Gasteiger partial charge is 0.0162 e. The summed E-state index contributed by atoms with van der Waals surface area (Å²) in [6.07, 6.45) is 9.95. The lowest BCUT2D eigenvalue weighted by atomic mass is 9.78. The number of benzene rings is 2. The van der Waals surface area contributed by atoms with E-state index in [-0.39, 0.29) is 0 Å². The van der Waals surface area contributed by atoms with Gasteiger partial charge in [0.2, 0.25) is 0 Å². The minimum Gasteiger partial charge on any atom is -0.0914 e. The molecular formula is C24H30. The van der Waals surface area contributed by atoms with E-state index in [2.05, 4.69) is 76.2 Å². The molecule has 0 radical (unpaired) electrons. The van der Waals surface area contributed by atoms with Gasteiger partial charge in [0.05, 0.1) is 0 Å². The molecule has 0 amide bonds. The van der Waals surface area contributed by atoms with Crippen molar-refractivity contribution in [3.05, 3.63) is 70.8 Å². The van der Waals surface area contributed by atoms with Crippen molar-refractivity contribution in [1.29, 1.82) is 0 Å². The molecule has 24 heavy (non-hydrogen) atoms. The van der Waals surface area contributed by atoms with E-state index in [0.29, 0.717) is 0 Å². The van der Waals surface area contributed by atoms with Crippen LogP contribution in [0.15, 0.2) is 48.6 Å². The number of allylic oxidation sites excluding steroid dienone is 2. The fourth-order valence-corrected chi connectivity index (χ4v) is 4.07. The van der Waals surface area contributed by atoms with Gasteiger partial charge < -0.3 is 0 Å². The lowest BCUT2D eigenvalue weighted by Gasteiger charge is -2.27. The van der Waals surface area contributed by atoms with Crippen molar-refractivity contribution in [3.8, 4) is 11.1 Å². The highest BCUT2D eigenvalue weighted by atomic mass is 14.3. The van der Waals surface area contributed by atoms with Crippen LogP contribution in [-0.4, -0.2) is 0 Å². The van der Waals surface area contributed by atoms with Crippen molar-refractivity contribution >= 4 is 0 Å². The average Bonchev–Trinajstić information content (AvgIpc) is 2.60. The van der Waals surface area contributed by atoms with Crippen LogP contribution in [0.3, 0.4) is 0 Å². The Morgan fingerprint density at radius 3 is 1.92 bits per heavy atom. The van der Waals surface area contributed by atoms with Crippen LogP contribution in [-0.2, 0) is 0 Å². The van der Waals surface area contributed by atoms with Crippen molar-refractivity contribution in [2.24, 2.45) is 5.92 Å². The Kier molecular flexibility index (Phi) is 5.23. The molecule has 0 aliphatic heterocycles. The minimum atomic E-state index is 0.752. The van der Waals surface area contributed by atoms with Crippen LogP contribution >= 0.6 is 0 Å². The Morgan fingerprint density at radius 1 is 0.792 bits per heavy atom. The van der Waals surface area contributed by atoms with E-state index in [1.807, 2.05) is 0 Å². The van der Waals surface area contributed by atoms with Gasteiger partial charge in [0.1, 0.15) is 0 Å². The molecule has 0 saturated heterocycles. The predicted octanol–water partition coefficient (Wildman–Crippen LogP) is 7.13. The highest BCUT2D eigenvalue weighted by Gasteiger charge is 2.20. The van der Waals surface area contributed by atoms with Gasteiger partial charge in [-0.15, -0.1) is 0 Å². The summed E-state index contributed by atoms with van der Waals surface area (Å²) < 4.78 is 0. The molecule has 0 N–H and O–H groups in total. The molecule has 0 bridgehead atoms. The maximum Gasteiger partial charge on any atom is -0.0162 e. The first-order valence-electron chi connectivity index (χ1n) is 9.39. The van der Waals surface area contributed by atoms with E-state index in [9.17, 15) is 0 Å². The van der Waals surface area contributed by atoms with Crippen LogP contribution in [0.4, 0.5) is 0 Å². The standard InChI is InChI=1S/C24H30/c1-5-6-20-7-9-21(10-8-20)22-11-13-23(14-12-22)24-15-17(2)19(4)18(3)16-24/h5-6,11-16,20-21H,7-10H2,1-4H3/b6-5+. The molecular weight excluding hydrogens is 288 g/mol. The Bertz CT molecular complexity index is 687. The van der Waals surface area contributed by atoms with Crippen molar-refractivity contribution in [2.75, 3.05) is 0 Å². The highest BCUT2D eigenvalue weighted by Crippen LogP contribution is 2.37. The third-order valence-corrected chi connectivity index (χ3v) is 5.88. The average molecular weight is 319 g/mol. The zero-order valence-electron chi connectivity index (χ0n) is 15.6. The lowest BCUT2D eigenvalue weighted by molar-refractivity contribution is 0.376. The lowest BCUT2D eigenvalue weighted by Crippen LogP contribution is -2.11. The summed E-state index contributed by atoms with van der Waals surface area (Å²) in [5.41, 5.74) is 8.39. The second-order valence-corrected chi connectivity index (χ2v) is 7.49. The summed E-state index contributed by atoms with van der Waals surface area (Å²) in [6.45, 7) is 8.77. The molecule has 0 heteroatoms. The van der Waals surface area contributed by atoms with Gasteiger partial charge in [0.25, 0.3) is 0 Å². The van der Waals surface area contributed by atoms with E-state index < -0.39 is 0 Å². The molecule has 3 rings (SSSR count). The highest BCUT2D eigenvalue weighted by molar-refractivity contribution is 5.66. The molecule has 0 atom stereocenters. The van der Waals surface area contributed by atoms with Gasteiger partial charge in [-0.3, -0.25) is 0 Å². The van der Waals surface area contributed by atoms with Crippen molar-refractivity contribution in [3.63, 3.8) is 0 Å². The summed E-state index contributed by atoms with van der Waals surface area (Å²) in [5.74, 6) is 1.56. The second-order valence-electron chi connectivity index (χ2n) is 7.49. The van der Waals surface area contributed by atoms with Gasteiger partial charge in [-0.25, -0.2) is 0 Å². The summed E-state index contributed by atoms with van der Waals surface area (Å²) >= 11 is 0. The monoisotopic (exact) mass is 318 g/mol. The summed E-state index contributed by atoms with van der Waals surface area (Å²) in [5, 5.41) is 0. The normalized spacial score (nSPS) is 21.3. The molecule has 1 fully saturated rings. The number of hydrogen-bond donors (Lipinski definition) is 0. The van der Waals surface area contributed by atoms with Gasteiger partial charge >= 0.3 is 0 Å². The molecule has 1 saturated carbocycles. The zero-order chi connectivity index (χ0) is 17.1. The van der Waals surface area contributed by atoms with Crippen LogP contribution in [0, 0.1) is 26.7 Å². The Labute approximate surface area is 147 Å². The molecule has 2 aromatic rings. The largest absolute Gasteiger partial charge is 0.0914 e. The molecule has 126 valence electrons. The van der Waals surface area contributed by atoms with Crippen LogP contribution in [0.5, 0.6) is 0 Å². The van der Waals surface area contributed by atoms with Gasteiger partial charge in [-0.05, 0) is 98.6 Å². The molecule has 1 aliphatic carbocycles. The van der Waals surface area contributed by atoms with E-state index >= 15 is 0 Å². The molecule has 0 nitrogen and oxygen atoms in total. The number of hydrogen-bond acceptors (Lipinski definition) is 0. The van der Waals surface area contributed by atoms with Crippen molar-refractivity contribution < 1.29 is 0 Å². The first-order chi connectivity index (χ1) is 11.6.